The molecule has 2 saturated heterocycles. The lowest BCUT2D eigenvalue weighted by molar-refractivity contribution is -0.0134. The van der Waals surface area contributed by atoms with Crippen LogP contribution in [0.5, 0.6) is 0 Å². The standard InChI is InChI=1S/C30H31ClFN5O/c1-2-12-35-13-14-37-26(18-35)19-36(30(38)34-25-10-11-28(32)27(31)16-25)20-29(37)23-8-6-22(7-9-23)24-5-3-4-21(15-24)17-33/h3-11,15-16,26,29H,2,12-14,18-20H2,1H3,(H,34,38)/t26-,29-/m1/s1. The van der Waals surface area contributed by atoms with Crippen LogP contribution in [0, 0.1) is 17.1 Å². The van der Waals surface area contributed by atoms with Crippen LogP contribution in [0.25, 0.3) is 11.1 Å². The third-order valence-corrected chi connectivity index (χ3v) is 7.75. The van der Waals surface area contributed by atoms with Gasteiger partial charge in [0.1, 0.15) is 5.82 Å². The number of nitrogens with zero attached hydrogens (tertiary/aromatic N) is 4. The Kier molecular flexibility index (Phi) is 7.94. The fourth-order valence-electron chi connectivity index (χ4n) is 5.57. The topological polar surface area (TPSA) is 62.6 Å². The van der Waals surface area contributed by atoms with Crippen LogP contribution in [0.2, 0.25) is 5.02 Å². The zero-order valence-corrected chi connectivity index (χ0v) is 22.2. The molecule has 8 heteroatoms. The minimum absolute atomic E-state index is 0.0200. The number of benzene rings is 3. The molecule has 38 heavy (non-hydrogen) atoms. The van der Waals surface area contributed by atoms with Gasteiger partial charge in [-0.15, -0.1) is 0 Å². The van der Waals surface area contributed by atoms with E-state index in [1.54, 1.807) is 6.07 Å². The van der Waals surface area contributed by atoms with Crippen LogP contribution in [-0.2, 0) is 0 Å². The SMILES string of the molecule is CCCN1CCN2[C@H](C1)CN(C(=O)Nc1ccc(F)c(Cl)c1)C[C@@H]2c1ccc(-c2cccc(C#N)c2)cc1. The number of fused-ring (bicyclic) bond motifs is 1. The lowest BCUT2D eigenvalue weighted by Crippen LogP contribution is -2.64. The predicted molar refractivity (Wildman–Crippen MR) is 149 cm³/mol. The number of urea groups is 1. The number of nitrogens with one attached hydrogen (secondary N) is 1. The summed E-state index contributed by atoms with van der Waals surface area (Å²) >= 11 is 5.93. The van der Waals surface area contributed by atoms with Gasteiger partial charge >= 0.3 is 6.03 Å². The fraction of sp³-hybridized carbons (Fsp3) is 0.333. The molecular weight excluding hydrogens is 501 g/mol. The number of carbonyl (C=O) groups is 1. The lowest BCUT2D eigenvalue weighted by atomic mass is 9.94. The molecule has 3 aromatic rings. The van der Waals surface area contributed by atoms with Crippen molar-refractivity contribution >= 4 is 23.3 Å². The number of nitriles is 1. The largest absolute Gasteiger partial charge is 0.321 e. The normalized spacial score (nSPS) is 20.0. The summed E-state index contributed by atoms with van der Waals surface area (Å²) in [5, 5.41) is 12.1. The Morgan fingerprint density at radius 1 is 1.05 bits per heavy atom. The van der Waals surface area contributed by atoms with Gasteiger partial charge in [0, 0.05) is 44.5 Å². The van der Waals surface area contributed by atoms with Crippen molar-refractivity contribution in [2.45, 2.75) is 25.4 Å². The third-order valence-electron chi connectivity index (χ3n) is 7.46. The quantitative estimate of drug-likeness (QED) is 0.438. The van der Waals surface area contributed by atoms with Gasteiger partial charge in [0.25, 0.3) is 0 Å². The Morgan fingerprint density at radius 2 is 1.87 bits per heavy atom. The van der Waals surface area contributed by atoms with E-state index in [4.69, 9.17) is 11.6 Å². The minimum atomic E-state index is -0.514. The monoisotopic (exact) mass is 531 g/mol. The number of rotatable bonds is 5. The molecule has 0 aromatic heterocycles. The zero-order valence-electron chi connectivity index (χ0n) is 21.4. The van der Waals surface area contributed by atoms with E-state index in [-0.39, 0.29) is 23.1 Å². The lowest BCUT2D eigenvalue weighted by Gasteiger charge is -2.51. The van der Waals surface area contributed by atoms with Crippen molar-refractivity contribution in [3.8, 4) is 17.2 Å². The molecule has 2 amide bonds. The summed E-state index contributed by atoms with van der Waals surface area (Å²) in [6.07, 6.45) is 1.10. The van der Waals surface area contributed by atoms with Gasteiger partial charge in [-0.1, -0.05) is 54.9 Å². The van der Waals surface area contributed by atoms with Crippen LogP contribution in [0.15, 0.2) is 66.7 Å². The molecule has 2 fully saturated rings. The van der Waals surface area contributed by atoms with E-state index in [1.807, 2.05) is 23.1 Å². The van der Waals surface area contributed by atoms with Crippen molar-refractivity contribution in [2.24, 2.45) is 0 Å². The first kappa shape index (κ1) is 26.2. The maximum absolute atomic E-state index is 13.6. The average Bonchev–Trinajstić information content (AvgIpc) is 2.94. The van der Waals surface area contributed by atoms with Crippen LogP contribution in [-0.4, -0.2) is 66.0 Å². The molecule has 0 bridgehead atoms. The predicted octanol–water partition coefficient (Wildman–Crippen LogP) is 6.00. The number of hydrogen-bond donors (Lipinski definition) is 1. The number of piperazine rings is 2. The molecule has 1 N–H and O–H groups in total. The highest BCUT2D eigenvalue weighted by Gasteiger charge is 2.40. The smallest absolute Gasteiger partial charge is 0.321 e. The Labute approximate surface area is 228 Å². The summed E-state index contributed by atoms with van der Waals surface area (Å²) in [4.78, 5) is 20.2. The summed E-state index contributed by atoms with van der Waals surface area (Å²) in [5.41, 5.74) is 4.32. The number of amides is 2. The van der Waals surface area contributed by atoms with Crippen molar-refractivity contribution in [3.63, 3.8) is 0 Å². The average molecular weight is 532 g/mol. The van der Waals surface area contributed by atoms with Crippen LogP contribution < -0.4 is 5.32 Å². The molecule has 0 radical (unpaired) electrons. The van der Waals surface area contributed by atoms with Crippen LogP contribution in [0.4, 0.5) is 14.9 Å². The molecule has 0 aliphatic carbocycles. The van der Waals surface area contributed by atoms with Crippen molar-refractivity contribution in [2.75, 3.05) is 44.6 Å². The highest BCUT2D eigenvalue weighted by Crippen LogP contribution is 2.33. The molecule has 0 saturated carbocycles. The maximum atomic E-state index is 13.6. The molecule has 3 aromatic carbocycles. The molecule has 6 nitrogen and oxygen atoms in total. The first-order chi connectivity index (χ1) is 18.4. The van der Waals surface area contributed by atoms with E-state index in [9.17, 15) is 14.4 Å². The summed E-state index contributed by atoms with van der Waals surface area (Å²) in [5.74, 6) is -0.514. The van der Waals surface area contributed by atoms with Crippen molar-refractivity contribution in [1.29, 1.82) is 5.26 Å². The van der Waals surface area contributed by atoms with Gasteiger partial charge in [-0.3, -0.25) is 4.90 Å². The van der Waals surface area contributed by atoms with Crippen molar-refractivity contribution in [1.82, 2.24) is 14.7 Å². The minimum Gasteiger partial charge on any atom is -0.321 e. The summed E-state index contributed by atoms with van der Waals surface area (Å²) in [7, 11) is 0. The highest BCUT2D eigenvalue weighted by atomic mass is 35.5. The second-order valence-electron chi connectivity index (χ2n) is 9.99. The van der Waals surface area contributed by atoms with Gasteiger partial charge in [-0.05, 0) is 60.0 Å². The van der Waals surface area contributed by atoms with E-state index in [1.165, 1.54) is 18.2 Å². The summed E-state index contributed by atoms with van der Waals surface area (Å²) in [6.45, 7) is 7.29. The van der Waals surface area contributed by atoms with Crippen LogP contribution in [0.1, 0.15) is 30.5 Å². The van der Waals surface area contributed by atoms with Crippen molar-refractivity contribution < 1.29 is 9.18 Å². The second-order valence-corrected chi connectivity index (χ2v) is 10.4. The zero-order chi connectivity index (χ0) is 26.6. The fourth-order valence-corrected chi connectivity index (χ4v) is 5.75. The molecule has 0 spiro atoms. The first-order valence-corrected chi connectivity index (χ1v) is 13.4. The molecule has 2 aliphatic heterocycles. The van der Waals surface area contributed by atoms with Gasteiger partial charge < -0.3 is 15.1 Å². The van der Waals surface area contributed by atoms with Gasteiger partial charge in [0.2, 0.25) is 0 Å². The molecule has 196 valence electrons. The Bertz CT molecular complexity index is 1340. The maximum Gasteiger partial charge on any atom is 0.321 e. The van der Waals surface area contributed by atoms with E-state index in [0.29, 0.717) is 24.3 Å². The molecule has 0 unspecified atom stereocenters. The van der Waals surface area contributed by atoms with E-state index in [2.05, 4.69) is 52.4 Å². The molecule has 2 atom stereocenters. The van der Waals surface area contributed by atoms with Gasteiger partial charge in [-0.25, -0.2) is 9.18 Å². The van der Waals surface area contributed by atoms with Gasteiger partial charge in [0.05, 0.1) is 22.7 Å². The molecule has 2 aliphatic rings. The third kappa shape index (κ3) is 5.68. The number of hydrogen-bond acceptors (Lipinski definition) is 4. The molecule has 2 heterocycles. The summed E-state index contributed by atoms with van der Waals surface area (Å²) < 4.78 is 13.6. The Balaban J connectivity index is 1.39. The van der Waals surface area contributed by atoms with E-state index < -0.39 is 5.82 Å². The number of anilines is 1. The first-order valence-electron chi connectivity index (χ1n) is 13.0. The second kappa shape index (κ2) is 11.5. The van der Waals surface area contributed by atoms with E-state index >= 15 is 0 Å². The summed E-state index contributed by atoms with van der Waals surface area (Å²) in [6, 6.07) is 22.5. The molecule has 5 rings (SSSR count). The van der Waals surface area contributed by atoms with Gasteiger partial charge in [0.15, 0.2) is 0 Å². The molecular formula is C30H31ClFN5O. The van der Waals surface area contributed by atoms with Crippen LogP contribution >= 0.6 is 11.6 Å². The van der Waals surface area contributed by atoms with Crippen LogP contribution in [0.3, 0.4) is 0 Å². The number of halogens is 2. The van der Waals surface area contributed by atoms with Gasteiger partial charge in [-0.2, -0.15) is 5.26 Å². The highest BCUT2D eigenvalue weighted by molar-refractivity contribution is 6.31. The van der Waals surface area contributed by atoms with Crippen molar-refractivity contribution in [3.05, 3.63) is 88.7 Å². The van der Waals surface area contributed by atoms with E-state index in [0.717, 1.165) is 49.3 Å². The Hall–Kier alpha value is -3.44. The Morgan fingerprint density at radius 3 is 2.61 bits per heavy atom. The number of carbonyl (C=O) groups excluding carboxylic acids is 1.